The topological polar surface area (TPSA) is 83.8 Å². The molecule has 0 radical (unpaired) electrons. The van der Waals surface area contributed by atoms with Crippen molar-refractivity contribution in [3.05, 3.63) is 11.8 Å². The summed E-state index contributed by atoms with van der Waals surface area (Å²) in [5.74, 6) is 2.71. The number of nitrogens with one attached hydrogen (secondary N) is 2. The number of anilines is 1. The average molecular weight is 278 g/mol. The summed E-state index contributed by atoms with van der Waals surface area (Å²) in [6, 6.07) is 0. The van der Waals surface area contributed by atoms with E-state index >= 15 is 0 Å². The predicted molar refractivity (Wildman–Crippen MR) is 76.7 cm³/mol. The largest absolute Gasteiger partial charge is 0.389 e. The monoisotopic (exact) mass is 278 g/mol. The molecule has 19 heavy (non-hydrogen) atoms. The molecule has 1 aromatic heterocycles. The number of fused-ring (bicyclic) bond motifs is 2. The minimum atomic E-state index is 0.0271. The fraction of sp³-hybridized carbons (Fsp3) is 0.615. The van der Waals surface area contributed by atoms with Crippen LogP contribution in [0.25, 0.3) is 0 Å². The lowest BCUT2D eigenvalue weighted by atomic mass is 9.86. The second kappa shape index (κ2) is 4.92. The molecule has 3 unspecified atom stereocenters. The third kappa shape index (κ3) is 2.49. The second-order valence-electron chi connectivity index (χ2n) is 5.71. The smallest absolute Gasteiger partial charge is 0.225 e. The van der Waals surface area contributed by atoms with Gasteiger partial charge in [0.05, 0.1) is 11.8 Å². The van der Waals surface area contributed by atoms with Crippen molar-refractivity contribution in [2.45, 2.75) is 32.1 Å². The van der Waals surface area contributed by atoms with E-state index in [1.807, 2.05) is 0 Å². The van der Waals surface area contributed by atoms with Gasteiger partial charge < -0.3 is 11.1 Å². The number of amides is 1. The maximum atomic E-state index is 12.1. The Kier molecular flexibility index (Phi) is 3.26. The highest BCUT2D eigenvalue weighted by Crippen LogP contribution is 2.49. The number of hydrogen-bond acceptors (Lipinski definition) is 3. The molecule has 0 spiro atoms. The predicted octanol–water partition coefficient (Wildman–Crippen LogP) is 1.81. The Bertz CT molecular complexity index is 512. The molecule has 2 aliphatic carbocycles. The van der Waals surface area contributed by atoms with Crippen molar-refractivity contribution in [3.8, 4) is 0 Å². The molecule has 0 aromatic carbocycles. The second-order valence-corrected chi connectivity index (χ2v) is 6.15. The molecule has 3 atom stereocenters. The molecular formula is C13H18N4OS. The number of carbonyl (C=O) groups excluding carboxylic acids is 1. The first kappa shape index (κ1) is 12.6. The van der Waals surface area contributed by atoms with Crippen LogP contribution in [0.3, 0.4) is 0 Å². The molecule has 2 aliphatic rings. The highest BCUT2D eigenvalue weighted by atomic mass is 32.1. The number of thiocarbonyl (C=S) groups is 1. The lowest BCUT2D eigenvalue weighted by molar-refractivity contribution is -0.117. The van der Waals surface area contributed by atoms with E-state index in [0.29, 0.717) is 23.7 Å². The zero-order chi connectivity index (χ0) is 13.4. The summed E-state index contributed by atoms with van der Waals surface area (Å²) < 4.78 is 0. The first-order valence-corrected chi connectivity index (χ1v) is 7.17. The number of nitrogens with zero attached hydrogens (tertiary/aromatic N) is 1. The Morgan fingerprint density at radius 2 is 2.37 bits per heavy atom. The maximum Gasteiger partial charge on any atom is 0.225 e. The van der Waals surface area contributed by atoms with Gasteiger partial charge in [0.2, 0.25) is 5.91 Å². The Hall–Kier alpha value is -1.43. The Balaban J connectivity index is 1.59. The van der Waals surface area contributed by atoms with Crippen molar-refractivity contribution in [1.29, 1.82) is 0 Å². The van der Waals surface area contributed by atoms with Gasteiger partial charge in [-0.15, -0.1) is 0 Å². The van der Waals surface area contributed by atoms with Gasteiger partial charge in [-0.25, -0.2) is 0 Å². The number of aromatic nitrogens is 2. The minimum Gasteiger partial charge on any atom is -0.389 e. The molecule has 6 heteroatoms. The third-order valence-corrected chi connectivity index (χ3v) is 4.72. The molecule has 2 fully saturated rings. The maximum absolute atomic E-state index is 12.1. The highest BCUT2D eigenvalue weighted by molar-refractivity contribution is 7.80. The molecule has 2 saturated carbocycles. The van der Waals surface area contributed by atoms with E-state index in [-0.39, 0.29) is 10.9 Å². The van der Waals surface area contributed by atoms with Crippen molar-refractivity contribution >= 4 is 28.9 Å². The fourth-order valence-electron chi connectivity index (χ4n) is 3.62. The normalized spacial score (nSPS) is 28.5. The number of H-pyrrole nitrogens is 1. The van der Waals surface area contributed by atoms with Crippen LogP contribution in [-0.2, 0) is 4.79 Å². The van der Waals surface area contributed by atoms with E-state index in [0.717, 1.165) is 11.8 Å². The molecular weight excluding hydrogens is 260 g/mol. The van der Waals surface area contributed by atoms with Crippen molar-refractivity contribution < 1.29 is 4.79 Å². The van der Waals surface area contributed by atoms with Gasteiger partial charge in [0, 0.05) is 6.42 Å². The molecule has 4 N–H and O–H groups in total. The van der Waals surface area contributed by atoms with Gasteiger partial charge in [-0.1, -0.05) is 18.6 Å². The van der Waals surface area contributed by atoms with Gasteiger partial charge in [0.1, 0.15) is 10.8 Å². The van der Waals surface area contributed by atoms with Crippen LogP contribution in [0, 0.1) is 17.8 Å². The Labute approximate surface area is 117 Å². The standard InChI is InChI=1S/C13H18N4OS/c14-12(19)10-6-15-17-13(10)16-11(18)5-9-4-7-1-2-8(9)3-7/h6-9H,1-5H2,(H2,14,19)(H2,15,16,17,18). The highest BCUT2D eigenvalue weighted by Gasteiger charge is 2.40. The van der Waals surface area contributed by atoms with Crippen LogP contribution in [0.15, 0.2) is 6.20 Å². The summed E-state index contributed by atoms with van der Waals surface area (Å²) in [6.45, 7) is 0. The van der Waals surface area contributed by atoms with Crippen LogP contribution >= 0.6 is 12.2 Å². The molecule has 1 aromatic rings. The number of carbonyl (C=O) groups is 1. The molecule has 5 nitrogen and oxygen atoms in total. The van der Waals surface area contributed by atoms with Crippen LogP contribution in [0.2, 0.25) is 0 Å². The number of hydrogen-bond donors (Lipinski definition) is 3. The zero-order valence-electron chi connectivity index (χ0n) is 10.7. The van der Waals surface area contributed by atoms with Crippen LogP contribution < -0.4 is 11.1 Å². The summed E-state index contributed by atoms with van der Waals surface area (Å²) in [6.07, 6.45) is 7.32. The van der Waals surface area contributed by atoms with E-state index < -0.39 is 0 Å². The van der Waals surface area contributed by atoms with E-state index in [1.165, 1.54) is 31.9 Å². The quantitative estimate of drug-likeness (QED) is 0.733. The van der Waals surface area contributed by atoms with Crippen LogP contribution in [0.5, 0.6) is 0 Å². The van der Waals surface area contributed by atoms with E-state index in [9.17, 15) is 4.79 Å². The number of nitrogens with two attached hydrogens (primary N) is 1. The molecule has 2 bridgehead atoms. The Morgan fingerprint density at radius 3 is 3.00 bits per heavy atom. The average Bonchev–Trinajstić information content (AvgIpc) is 3.03. The SMILES string of the molecule is NC(=S)c1cn[nH]c1NC(=O)CC1CC2CCC1C2. The van der Waals surface area contributed by atoms with Crippen LogP contribution in [0.1, 0.15) is 37.7 Å². The molecule has 1 heterocycles. The summed E-state index contributed by atoms with van der Waals surface area (Å²) in [5.41, 5.74) is 6.16. The van der Waals surface area contributed by atoms with E-state index in [1.54, 1.807) is 0 Å². The summed E-state index contributed by atoms with van der Waals surface area (Å²) in [7, 11) is 0. The first-order chi connectivity index (χ1) is 9.13. The van der Waals surface area contributed by atoms with E-state index in [2.05, 4.69) is 15.5 Å². The number of rotatable bonds is 4. The lowest BCUT2D eigenvalue weighted by Crippen LogP contribution is -2.22. The fourth-order valence-corrected chi connectivity index (χ4v) is 3.78. The molecule has 0 saturated heterocycles. The van der Waals surface area contributed by atoms with E-state index in [4.69, 9.17) is 18.0 Å². The van der Waals surface area contributed by atoms with Crippen molar-refractivity contribution in [1.82, 2.24) is 10.2 Å². The van der Waals surface area contributed by atoms with Crippen molar-refractivity contribution in [3.63, 3.8) is 0 Å². The van der Waals surface area contributed by atoms with Gasteiger partial charge in [-0.2, -0.15) is 5.10 Å². The summed E-state index contributed by atoms with van der Waals surface area (Å²) in [4.78, 5) is 12.3. The molecule has 1 amide bonds. The molecule has 3 rings (SSSR count). The number of aromatic amines is 1. The van der Waals surface area contributed by atoms with Crippen LogP contribution in [0.4, 0.5) is 5.82 Å². The first-order valence-electron chi connectivity index (χ1n) is 6.76. The summed E-state index contributed by atoms with van der Waals surface area (Å²) >= 11 is 4.91. The van der Waals surface area contributed by atoms with Gasteiger partial charge in [0.25, 0.3) is 0 Å². The van der Waals surface area contributed by atoms with Crippen LogP contribution in [-0.4, -0.2) is 21.1 Å². The molecule has 102 valence electrons. The van der Waals surface area contributed by atoms with Gasteiger partial charge in [-0.05, 0) is 37.0 Å². The lowest BCUT2D eigenvalue weighted by Gasteiger charge is -2.20. The van der Waals surface area contributed by atoms with Gasteiger partial charge >= 0.3 is 0 Å². The summed E-state index contributed by atoms with van der Waals surface area (Å²) in [5, 5.41) is 9.42. The minimum absolute atomic E-state index is 0.0271. The zero-order valence-corrected chi connectivity index (χ0v) is 11.5. The van der Waals surface area contributed by atoms with Crippen molar-refractivity contribution in [2.24, 2.45) is 23.5 Å². The van der Waals surface area contributed by atoms with Crippen molar-refractivity contribution in [2.75, 3.05) is 5.32 Å². The third-order valence-electron chi connectivity index (χ3n) is 4.50. The Morgan fingerprint density at radius 1 is 1.53 bits per heavy atom. The van der Waals surface area contributed by atoms with Gasteiger partial charge in [-0.3, -0.25) is 9.89 Å². The van der Waals surface area contributed by atoms with Gasteiger partial charge in [0.15, 0.2) is 0 Å². The molecule has 0 aliphatic heterocycles.